The molecular weight excluding hydrogens is 236 g/mol. The third-order valence-corrected chi connectivity index (χ3v) is 2.48. The number of aromatic carboxylic acids is 1. The first-order valence-electron chi connectivity index (χ1n) is 5.59. The van der Waals surface area contributed by atoms with Crippen molar-refractivity contribution in [3.05, 3.63) is 35.4 Å². The predicted octanol–water partition coefficient (Wildman–Crippen LogP) is 1.41. The van der Waals surface area contributed by atoms with E-state index in [-0.39, 0.29) is 12.2 Å². The quantitative estimate of drug-likeness (QED) is 0.774. The second-order valence-electron chi connectivity index (χ2n) is 4.13. The smallest absolute Gasteiger partial charge is 0.335 e. The van der Waals surface area contributed by atoms with Crippen LogP contribution in [0, 0.1) is 0 Å². The Bertz CT molecular complexity index is 422. The zero-order chi connectivity index (χ0) is 13.7. The number of ether oxygens (including phenoxy) is 1. The van der Waals surface area contributed by atoms with Crippen LogP contribution < -0.4 is 0 Å². The molecule has 0 spiro atoms. The van der Waals surface area contributed by atoms with Gasteiger partial charge in [0.15, 0.2) is 0 Å². The third-order valence-electron chi connectivity index (χ3n) is 2.48. The lowest BCUT2D eigenvalue weighted by Gasteiger charge is -2.13. The summed E-state index contributed by atoms with van der Waals surface area (Å²) in [5, 5.41) is 17.8. The van der Waals surface area contributed by atoms with Crippen LogP contribution >= 0.6 is 0 Å². The summed E-state index contributed by atoms with van der Waals surface area (Å²) in [6.45, 7) is 3.15. The summed E-state index contributed by atoms with van der Waals surface area (Å²) in [6, 6.07) is 6.04. The highest BCUT2D eigenvalue weighted by Gasteiger charge is 2.17. The average molecular weight is 252 g/mol. The molecular formula is C13H16O5. The fraction of sp³-hybridized carbons (Fsp3) is 0.385. The summed E-state index contributed by atoms with van der Waals surface area (Å²) >= 11 is 0. The summed E-state index contributed by atoms with van der Waals surface area (Å²) in [7, 11) is 0. The van der Waals surface area contributed by atoms with Gasteiger partial charge >= 0.3 is 11.9 Å². The highest BCUT2D eigenvalue weighted by Crippen LogP contribution is 2.17. The molecule has 0 heterocycles. The molecule has 1 aromatic carbocycles. The van der Waals surface area contributed by atoms with E-state index in [0.29, 0.717) is 5.56 Å². The normalized spacial score (nSPS) is 13.7. The van der Waals surface area contributed by atoms with Gasteiger partial charge in [0.1, 0.15) is 6.61 Å². The van der Waals surface area contributed by atoms with E-state index in [1.54, 1.807) is 19.1 Å². The first-order valence-corrected chi connectivity index (χ1v) is 5.59. The summed E-state index contributed by atoms with van der Waals surface area (Å²) in [4.78, 5) is 22.3. The molecule has 1 aromatic rings. The molecule has 0 radical (unpaired) electrons. The van der Waals surface area contributed by atoms with Crippen molar-refractivity contribution < 1.29 is 24.5 Å². The molecule has 0 aliphatic heterocycles. The van der Waals surface area contributed by atoms with Gasteiger partial charge < -0.3 is 14.9 Å². The van der Waals surface area contributed by atoms with Gasteiger partial charge in [0, 0.05) is 0 Å². The minimum atomic E-state index is -1.01. The van der Waals surface area contributed by atoms with Crippen molar-refractivity contribution >= 4 is 11.9 Å². The van der Waals surface area contributed by atoms with Gasteiger partial charge in [-0.1, -0.05) is 12.1 Å². The third kappa shape index (κ3) is 3.85. The van der Waals surface area contributed by atoms with Gasteiger partial charge in [-0.05, 0) is 31.5 Å². The van der Waals surface area contributed by atoms with Gasteiger partial charge in [-0.25, -0.2) is 4.79 Å². The lowest BCUT2D eigenvalue weighted by atomic mass is 10.00. The Morgan fingerprint density at radius 1 is 1.22 bits per heavy atom. The van der Waals surface area contributed by atoms with Gasteiger partial charge in [-0.15, -0.1) is 0 Å². The lowest BCUT2D eigenvalue weighted by molar-refractivity contribution is -0.147. The molecule has 5 heteroatoms. The second-order valence-corrected chi connectivity index (χ2v) is 4.13. The number of aliphatic hydroxyl groups excluding tert-OH is 1. The van der Waals surface area contributed by atoms with Crippen LogP contribution in [-0.4, -0.2) is 34.9 Å². The Morgan fingerprint density at radius 3 is 2.22 bits per heavy atom. The van der Waals surface area contributed by atoms with E-state index in [9.17, 15) is 9.59 Å². The maximum atomic E-state index is 11.6. The highest BCUT2D eigenvalue weighted by molar-refractivity contribution is 5.87. The Morgan fingerprint density at radius 2 is 1.78 bits per heavy atom. The van der Waals surface area contributed by atoms with Crippen LogP contribution in [0.1, 0.15) is 35.7 Å². The van der Waals surface area contributed by atoms with Crippen LogP contribution in [0.2, 0.25) is 0 Å². The predicted molar refractivity (Wildman–Crippen MR) is 64.5 cm³/mol. The van der Waals surface area contributed by atoms with E-state index in [2.05, 4.69) is 0 Å². The lowest BCUT2D eigenvalue weighted by Crippen LogP contribution is -2.19. The van der Waals surface area contributed by atoms with E-state index in [1.165, 1.54) is 19.1 Å². The van der Waals surface area contributed by atoms with Crippen LogP contribution in [0.5, 0.6) is 0 Å². The number of carboxylic acid groups (broad SMARTS) is 1. The number of carbonyl (C=O) groups is 2. The zero-order valence-electron chi connectivity index (χ0n) is 10.3. The number of rotatable bonds is 5. The number of hydrogen-bond donors (Lipinski definition) is 2. The first-order chi connectivity index (χ1) is 8.41. The van der Waals surface area contributed by atoms with E-state index in [1.807, 2.05) is 0 Å². The zero-order valence-corrected chi connectivity index (χ0v) is 10.3. The molecule has 0 aliphatic carbocycles. The number of benzene rings is 1. The molecule has 0 saturated carbocycles. The van der Waals surface area contributed by atoms with E-state index in [0.717, 1.165) is 0 Å². The molecule has 18 heavy (non-hydrogen) atoms. The van der Waals surface area contributed by atoms with Gasteiger partial charge in [-0.3, -0.25) is 4.79 Å². The van der Waals surface area contributed by atoms with E-state index >= 15 is 0 Å². The van der Waals surface area contributed by atoms with Gasteiger partial charge in [0.2, 0.25) is 0 Å². The minimum absolute atomic E-state index is 0.0453. The fourth-order valence-corrected chi connectivity index (χ4v) is 1.38. The molecule has 1 rings (SSSR count). The van der Waals surface area contributed by atoms with Crippen molar-refractivity contribution in [1.29, 1.82) is 0 Å². The number of carboxylic acids is 1. The molecule has 0 aliphatic rings. The number of hydrogen-bond acceptors (Lipinski definition) is 4. The summed E-state index contributed by atoms with van der Waals surface area (Å²) in [5.74, 6) is -1.95. The molecule has 2 unspecified atom stereocenters. The summed E-state index contributed by atoms with van der Waals surface area (Å²) < 4.78 is 4.89. The van der Waals surface area contributed by atoms with Crippen LogP contribution in [0.3, 0.4) is 0 Å². The van der Waals surface area contributed by atoms with Gasteiger partial charge in [0.25, 0.3) is 0 Å². The molecule has 5 nitrogen and oxygen atoms in total. The largest absolute Gasteiger partial charge is 0.478 e. The van der Waals surface area contributed by atoms with Gasteiger partial charge in [-0.2, -0.15) is 0 Å². The highest BCUT2D eigenvalue weighted by atomic mass is 16.5. The van der Waals surface area contributed by atoms with Crippen LogP contribution in [0.25, 0.3) is 0 Å². The van der Waals surface area contributed by atoms with Crippen molar-refractivity contribution in [2.75, 3.05) is 6.61 Å². The Hall–Kier alpha value is -1.88. The second kappa shape index (κ2) is 6.16. The average Bonchev–Trinajstić information content (AvgIpc) is 2.35. The number of esters is 1. The summed E-state index contributed by atoms with van der Waals surface area (Å²) in [5.41, 5.74) is 0.846. The molecule has 0 saturated heterocycles. The van der Waals surface area contributed by atoms with Gasteiger partial charge in [0.05, 0.1) is 17.6 Å². The van der Waals surface area contributed by atoms with Crippen LogP contribution in [-0.2, 0) is 9.53 Å². The van der Waals surface area contributed by atoms with Crippen molar-refractivity contribution in [3.8, 4) is 0 Å². The molecule has 2 N–H and O–H groups in total. The molecule has 98 valence electrons. The molecule has 2 atom stereocenters. The maximum absolute atomic E-state index is 11.6. The van der Waals surface area contributed by atoms with Crippen LogP contribution in [0.4, 0.5) is 0 Å². The van der Waals surface area contributed by atoms with Crippen molar-refractivity contribution in [3.63, 3.8) is 0 Å². The van der Waals surface area contributed by atoms with E-state index in [4.69, 9.17) is 14.9 Å². The molecule has 0 amide bonds. The fourth-order valence-electron chi connectivity index (χ4n) is 1.38. The topological polar surface area (TPSA) is 83.8 Å². The summed E-state index contributed by atoms with van der Waals surface area (Å²) in [6.07, 6.45) is -0.699. The monoisotopic (exact) mass is 252 g/mol. The van der Waals surface area contributed by atoms with Crippen molar-refractivity contribution in [1.82, 2.24) is 0 Å². The first kappa shape index (κ1) is 14.2. The Kier molecular flexibility index (Phi) is 4.85. The van der Waals surface area contributed by atoms with E-state index < -0.39 is 24.0 Å². The SMILES string of the molecule is CC(O)COC(=O)C(C)c1ccc(C(=O)O)cc1. The van der Waals surface area contributed by atoms with Crippen molar-refractivity contribution in [2.24, 2.45) is 0 Å². The van der Waals surface area contributed by atoms with Crippen molar-refractivity contribution in [2.45, 2.75) is 25.9 Å². The number of carbonyl (C=O) groups excluding carboxylic acids is 1. The standard InChI is InChI=1S/C13H16O5/c1-8(14)7-18-13(17)9(2)10-3-5-11(6-4-10)12(15)16/h3-6,8-9,14H,7H2,1-2H3,(H,15,16). The number of aliphatic hydroxyl groups is 1. The molecule has 0 bridgehead atoms. The Balaban J connectivity index is 2.68. The van der Waals surface area contributed by atoms with Crippen LogP contribution in [0.15, 0.2) is 24.3 Å². The maximum Gasteiger partial charge on any atom is 0.335 e. The molecule has 0 fully saturated rings. The minimum Gasteiger partial charge on any atom is -0.478 e. The Labute approximate surface area is 105 Å². The molecule has 0 aromatic heterocycles.